The maximum atomic E-state index is 9.86. The Balaban J connectivity index is 1.77. The Morgan fingerprint density at radius 1 is 1.09 bits per heavy atom. The van der Waals surface area contributed by atoms with Crippen molar-refractivity contribution in [3.05, 3.63) is 93.3 Å². The standard InChI is InChI=1S/C26H20ClN3O4/c1-2-32-23-10-17(9-21(27)25(23)33-14-16-6-4-3-5-15(16)12-28)24-19-8-7-18(31)11-22(19)34-26(30)20(24)13-29/h3-11,24,31H,2,14,30H2,1H3/t24-/m0/s1. The maximum Gasteiger partial charge on any atom is 0.205 e. The van der Waals surface area contributed by atoms with Gasteiger partial charge in [0.15, 0.2) is 11.5 Å². The second-order valence-corrected chi connectivity index (χ2v) is 7.87. The van der Waals surface area contributed by atoms with Crippen LogP contribution < -0.4 is 19.9 Å². The number of nitriles is 2. The molecule has 0 spiro atoms. The Morgan fingerprint density at radius 3 is 2.62 bits per heavy atom. The zero-order chi connectivity index (χ0) is 24.2. The fourth-order valence-electron chi connectivity index (χ4n) is 3.85. The summed E-state index contributed by atoms with van der Waals surface area (Å²) < 4.78 is 17.4. The zero-order valence-corrected chi connectivity index (χ0v) is 19.0. The summed E-state index contributed by atoms with van der Waals surface area (Å²) in [5.74, 6) is 0.451. The van der Waals surface area contributed by atoms with Crippen LogP contribution in [0.25, 0.3) is 0 Å². The lowest BCUT2D eigenvalue weighted by molar-refractivity contribution is 0.269. The molecular weight excluding hydrogens is 454 g/mol. The number of ether oxygens (including phenoxy) is 3. The van der Waals surface area contributed by atoms with Crippen molar-refractivity contribution in [2.45, 2.75) is 19.4 Å². The van der Waals surface area contributed by atoms with Crippen molar-refractivity contribution in [1.29, 1.82) is 10.5 Å². The number of fused-ring (bicyclic) bond motifs is 1. The molecule has 7 nitrogen and oxygen atoms in total. The lowest BCUT2D eigenvalue weighted by atomic mass is 9.83. The van der Waals surface area contributed by atoms with Gasteiger partial charge in [0.25, 0.3) is 0 Å². The van der Waals surface area contributed by atoms with Crippen LogP contribution in [-0.4, -0.2) is 11.7 Å². The van der Waals surface area contributed by atoms with Crippen LogP contribution in [0.3, 0.4) is 0 Å². The number of phenolic OH excluding ortho intramolecular Hbond substituents is 1. The lowest BCUT2D eigenvalue weighted by Gasteiger charge is -2.27. The van der Waals surface area contributed by atoms with Crippen molar-refractivity contribution in [2.24, 2.45) is 5.73 Å². The number of halogens is 1. The van der Waals surface area contributed by atoms with E-state index in [1.165, 1.54) is 12.1 Å². The number of nitrogens with two attached hydrogens (primary N) is 1. The smallest absolute Gasteiger partial charge is 0.205 e. The first kappa shape index (κ1) is 22.8. The molecule has 1 aliphatic heterocycles. The summed E-state index contributed by atoms with van der Waals surface area (Å²) in [6.45, 7) is 2.31. The van der Waals surface area contributed by atoms with E-state index in [9.17, 15) is 15.6 Å². The largest absolute Gasteiger partial charge is 0.508 e. The minimum absolute atomic E-state index is 0.0140. The third-order valence-corrected chi connectivity index (χ3v) is 5.66. The van der Waals surface area contributed by atoms with Crippen molar-refractivity contribution in [1.82, 2.24) is 0 Å². The molecule has 0 saturated heterocycles. The fraction of sp³-hybridized carbons (Fsp3) is 0.154. The molecule has 1 aliphatic rings. The van der Waals surface area contributed by atoms with Crippen LogP contribution >= 0.6 is 11.6 Å². The van der Waals surface area contributed by atoms with E-state index in [0.717, 1.165) is 0 Å². The van der Waals surface area contributed by atoms with Gasteiger partial charge in [0.1, 0.15) is 29.7 Å². The molecule has 0 aromatic heterocycles. The molecule has 34 heavy (non-hydrogen) atoms. The normalized spacial score (nSPS) is 14.4. The van der Waals surface area contributed by atoms with Gasteiger partial charge in [-0.3, -0.25) is 0 Å². The van der Waals surface area contributed by atoms with E-state index in [4.69, 9.17) is 31.5 Å². The van der Waals surface area contributed by atoms with Gasteiger partial charge < -0.3 is 25.1 Å². The quantitative estimate of drug-likeness (QED) is 0.509. The van der Waals surface area contributed by atoms with Gasteiger partial charge in [0, 0.05) is 17.2 Å². The molecule has 0 bridgehead atoms. The zero-order valence-electron chi connectivity index (χ0n) is 18.2. The average Bonchev–Trinajstić information content (AvgIpc) is 2.82. The highest BCUT2D eigenvalue weighted by Crippen LogP contribution is 2.47. The van der Waals surface area contributed by atoms with Crippen LogP contribution in [0.5, 0.6) is 23.0 Å². The number of benzene rings is 3. The minimum atomic E-state index is -0.584. The van der Waals surface area contributed by atoms with Crippen molar-refractivity contribution in [2.75, 3.05) is 6.61 Å². The van der Waals surface area contributed by atoms with Crippen molar-refractivity contribution < 1.29 is 19.3 Å². The summed E-state index contributed by atoms with van der Waals surface area (Å²) in [7, 11) is 0. The Kier molecular flexibility index (Phi) is 6.49. The average molecular weight is 474 g/mol. The molecule has 0 amide bonds. The molecule has 8 heteroatoms. The Labute approximate surface area is 201 Å². The molecule has 0 aliphatic carbocycles. The van der Waals surface area contributed by atoms with Gasteiger partial charge in [-0.25, -0.2) is 0 Å². The topological polar surface area (TPSA) is 122 Å². The maximum absolute atomic E-state index is 9.86. The molecular formula is C26H20ClN3O4. The van der Waals surface area contributed by atoms with Crippen LogP contribution in [-0.2, 0) is 6.61 Å². The predicted molar refractivity (Wildman–Crippen MR) is 126 cm³/mol. The van der Waals surface area contributed by atoms with E-state index in [-0.39, 0.29) is 28.8 Å². The van der Waals surface area contributed by atoms with Crippen LogP contribution in [0.15, 0.2) is 66.1 Å². The number of aromatic hydroxyl groups is 1. The molecule has 3 N–H and O–H groups in total. The van der Waals surface area contributed by atoms with E-state index in [1.54, 1.807) is 30.3 Å². The lowest BCUT2D eigenvalue weighted by Crippen LogP contribution is -2.21. The number of rotatable bonds is 6. The highest BCUT2D eigenvalue weighted by molar-refractivity contribution is 6.32. The molecule has 0 unspecified atom stereocenters. The van der Waals surface area contributed by atoms with Gasteiger partial charge in [0.05, 0.1) is 29.2 Å². The Hall–Kier alpha value is -4.33. The van der Waals surface area contributed by atoms with Gasteiger partial charge in [0.2, 0.25) is 5.88 Å². The Bertz CT molecular complexity index is 1370. The summed E-state index contributed by atoms with van der Waals surface area (Å²) in [4.78, 5) is 0. The summed E-state index contributed by atoms with van der Waals surface area (Å²) in [6, 6.07) is 19.5. The summed E-state index contributed by atoms with van der Waals surface area (Å²) in [5, 5.41) is 29.3. The van der Waals surface area contributed by atoms with Gasteiger partial charge in [-0.1, -0.05) is 35.9 Å². The minimum Gasteiger partial charge on any atom is -0.508 e. The molecule has 0 radical (unpaired) electrons. The van der Waals surface area contributed by atoms with E-state index < -0.39 is 5.92 Å². The van der Waals surface area contributed by atoms with Crippen molar-refractivity contribution in [3.8, 4) is 35.1 Å². The molecule has 3 aromatic rings. The second kappa shape index (κ2) is 9.66. The number of allylic oxidation sites excluding steroid dienone is 1. The number of hydrogen-bond donors (Lipinski definition) is 2. The Morgan fingerprint density at radius 2 is 1.88 bits per heavy atom. The molecule has 1 atom stereocenters. The molecule has 4 rings (SSSR count). The van der Waals surface area contributed by atoms with E-state index >= 15 is 0 Å². The van der Waals surface area contributed by atoms with Gasteiger partial charge in [-0.05, 0) is 36.8 Å². The molecule has 0 saturated carbocycles. The summed E-state index contributed by atoms with van der Waals surface area (Å²) in [5.41, 5.74) is 8.76. The van der Waals surface area contributed by atoms with E-state index in [2.05, 4.69) is 12.1 Å². The second-order valence-electron chi connectivity index (χ2n) is 7.47. The van der Waals surface area contributed by atoms with Crippen molar-refractivity contribution in [3.63, 3.8) is 0 Å². The monoisotopic (exact) mass is 473 g/mol. The number of nitrogens with zero attached hydrogens (tertiary/aromatic N) is 2. The van der Waals surface area contributed by atoms with E-state index in [1.807, 2.05) is 19.1 Å². The van der Waals surface area contributed by atoms with Crippen LogP contribution in [0, 0.1) is 22.7 Å². The fourth-order valence-corrected chi connectivity index (χ4v) is 4.12. The van der Waals surface area contributed by atoms with Crippen LogP contribution in [0.1, 0.15) is 35.1 Å². The van der Waals surface area contributed by atoms with Gasteiger partial charge >= 0.3 is 0 Å². The summed E-state index contributed by atoms with van der Waals surface area (Å²) >= 11 is 6.64. The van der Waals surface area contributed by atoms with E-state index in [0.29, 0.717) is 46.1 Å². The molecule has 3 aromatic carbocycles. The third-order valence-electron chi connectivity index (χ3n) is 5.38. The summed E-state index contributed by atoms with van der Waals surface area (Å²) in [6.07, 6.45) is 0. The highest BCUT2D eigenvalue weighted by atomic mass is 35.5. The molecule has 170 valence electrons. The van der Waals surface area contributed by atoms with Crippen LogP contribution in [0.4, 0.5) is 0 Å². The first-order chi connectivity index (χ1) is 16.5. The first-order valence-corrected chi connectivity index (χ1v) is 10.8. The molecule has 0 fully saturated rings. The molecule has 1 heterocycles. The first-order valence-electron chi connectivity index (χ1n) is 10.4. The number of phenols is 1. The van der Waals surface area contributed by atoms with Gasteiger partial charge in [-0.15, -0.1) is 0 Å². The van der Waals surface area contributed by atoms with Crippen LogP contribution in [0.2, 0.25) is 5.02 Å². The van der Waals surface area contributed by atoms with Gasteiger partial charge in [-0.2, -0.15) is 10.5 Å². The highest BCUT2D eigenvalue weighted by Gasteiger charge is 2.32. The number of hydrogen-bond acceptors (Lipinski definition) is 7. The van der Waals surface area contributed by atoms with Crippen molar-refractivity contribution >= 4 is 11.6 Å². The third kappa shape index (κ3) is 4.30. The predicted octanol–water partition coefficient (Wildman–Crippen LogP) is 5.11. The SMILES string of the molecule is CCOc1cc([C@@H]2C(C#N)=C(N)Oc3cc(O)ccc32)cc(Cl)c1OCc1ccccc1C#N.